The fourth-order valence-electron chi connectivity index (χ4n) is 8.14. The fourth-order valence-corrected chi connectivity index (χ4v) is 8.14. The molecule has 0 aromatic heterocycles. The van der Waals surface area contributed by atoms with Crippen molar-refractivity contribution in [3.05, 3.63) is 71.8 Å². The molecule has 7 nitrogen and oxygen atoms in total. The van der Waals surface area contributed by atoms with Gasteiger partial charge in [-0.25, -0.2) is 0 Å². The highest BCUT2D eigenvalue weighted by Gasteiger charge is 2.81. The molecule has 3 aliphatic rings. The summed E-state index contributed by atoms with van der Waals surface area (Å²) in [6, 6.07) is 20.1. The average Bonchev–Trinajstić information content (AvgIpc) is 3.15. The van der Waals surface area contributed by atoms with Gasteiger partial charge in [0, 0.05) is 13.3 Å². The van der Waals surface area contributed by atoms with Crippen molar-refractivity contribution < 1.29 is 33.3 Å². The third-order valence-corrected chi connectivity index (χ3v) is 9.91. The summed E-state index contributed by atoms with van der Waals surface area (Å²) >= 11 is 0. The molecule has 8 atom stereocenters. The van der Waals surface area contributed by atoms with Gasteiger partial charge in [0.05, 0.1) is 36.3 Å². The monoisotopic (exact) mass is 578 g/mol. The van der Waals surface area contributed by atoms with Gasteiger partial charge in [0.2, 0.25) is 0 Å². The molecule has 2 saturated carbocycles. The van der Waals surface area contributed by atoms with E-state index in [9.17, 15) is 9.59 Å². The van der Waals surface area contributed by atoms with Crippen molar-refractivity contribution in [2.75, 3.05) is 0 Å². The molecule has 42 heavy (non-hydrogen) atoms. The highest BCUT2D eigenvalue weighted by Crippen LogP contribution is 2.68. The molecule has 3 fully saturated rings. The minimum atomic E-state index is -0.915. The van der Waals surface area contributed by atoms with E-state index in [2.05, 4.69) is 26.0 Å². The van der Waals surface area contributed by atoms with E-state index in [0.29, 0.717) is 26.1 Å². The van der Waals surface area contributed by atoms with Crippen LogP contribution in [0.5, 0.6) is 0 Å². The lowest BCUT2D eigenvalue weighted by molar-refractivity contribution is -0.313. The maximum absolute atomic E-state index is 13.2. The second kappa shape index (κ2) is 12.1. The van der Waals surface area contributed by atoms with Crippen LogP contribution in [-0.2, 0) is 46.5 Å². The molecular formula is C35H46O7. The Labute approximate surface area is 250 Å². The zero-order valence-electron chi connectivity index (χ0n) is 25.8. The van der Waals surface area contributed by atoms with E-state index in [1.165, 1.54) is 6.92 Å². The zero-order valence-corrected chi connectivity index (χ0v) is 25.8. The van der Waals surface area contributed by atoms with Crippen molar-refractivity contribution in [2.24, 2.45) is 17.3 Å². The summed E-state index contributed by atoms with van der Waals surface area (Å²) in [6.07, 6.45) is 0.344. The summed E-state index contributed by atoms with van der Waals surface area (Å²) < 4.78 is 33.5. The van der Waals surface area contributed by atoms with E-state index in [1.54, 1.807) is 0 Å². The van der Waals surface area contributed by atoms with Gasteiger partial charge in [-0.1, -0.05) is 81.4 Å². The molecule has 228 valence electrons. The number of carbonyl (C=O) groups excluding carboxylic acids is 2. The Hall–Kier alpha value is -2.74. The number of hydrogen-bond acceptors (Lipinski definition) is 7. The Morgan fingerprint density at radius 2 is 1.45 bits per heavy atom. The van der Waals surface area contributed by atoms with E-state index < -0.39 is 40.8 Å². The fraction of sp³-hybridized carbons (Fsp3) is 0.600. The predicted octanol–water partition coefficient (Wildman–Crippen LogP) is 6.41. The normalized spacial score (nSPS) is 34.8. The van der Waals surface area contributed by atoms with Crippen LogP contribution >= 0.6 is 0 Å². The van der Waals surface area contributed by atoms with E-state index in [-0.39, 0.29) is 24.0 Å². The molecule has 2 aromatic rings. The van der Waals surface area contributed by atoms with Crippen LogP contribution in [0.2, 0.25) is 0 Å². The van der Waals surface area contributed by atoms with Crippen LogP contribution in [0.25, 0.3) is 0 Å². The number of benzene rings is 2. The SMILES string of the molecule is CCCC(=O)O[C@@H]1[C@@H]2[C@@H](OC(C)=O)[C@]3(OC2(C)C)[C@H](C)CC[C@H](OCc2ccccc2)[C@@]3(C)[C@@H]1OCc1ccccc1. The number of esters is 2. The summed E-state index contributed by atoms with van der Waals surface area (Å²) in [5.74, 6) is -1.06. The molecule has 7 heteroatoms. The number of rotatable bonds is 10. The summed E-state index contributed by atoms with van der Waals surface area (Å²) in [7, 11) is 0. The summed E-state index contributed by atoms with van der Waals surface area (Å²) in [5, 5.41) is 0. The largest absolute Gasteiger partial charge is 0.459 e. The molecular weight excluding hydrogens is 532 g/mol. The van der Waals surface area contributed by atoms with Crippen molar-refractivity contribution in [3.63, 3.8) is 0 Å². The first-order valence-electron chi connectivity index (χ1n) is 15.4. The van der Waals surface area contributed by atoms with Crippen LogP contribution in [-0.4, -0.2) is 47.6 Å². The number of fused-ring (bicyclic) bond motifs is 1. The van der Waals surface area contributed by atoms with Gasteiger partial charge in [-0.2, -0.15) is 0 Å². The molecule has 5 rings (SSSR count). The Kier molecular flexibility index (Phi) is 8.85. The Bertz CT molecular complexity index is 1230. The lowest BCUT2D eigenvalue weighted by Gasteiger charge is -2.63. The highest BCUT2D eigenvalue weighted by atomic mass is 16.6. The van der Waals surface area contributed by atoms with Gasteiger partial charge in [-0.05, 0) is 50.2 Å². The van der Waals surface area contributed by atoms with Crippen molar-refractivity contribution in [3.8, 4) is 0 Å². The Morgan fingerprint density at radius 1 is 0.857 bits per heavy atom. The van der Waals surface area contributed by atoms with Crippen molar-refractivity contribution >= 4 is 11.9 Å². The van der Waals surface area contributed by atoms with Crippen molar-refractivity contribution in [2.45, 2.75) is 116 Å². The minimum Gasteiger partial charge on any atom is -0.459 e. The second-order valence-corrected chi connectivity index (χ2v) is 13.0. The first kappa shape index (κ1) is 30.7. The molecule has 0 radical (unpaired) electrons. The third-order valence-electron chi connectivity index (χ3n) is 9.91. The van der Waals surface area contributed by atoms with E-state index in [0.717, 1.165) is 24.0 Å². The van der Waals surface area contributed by atoms with Crippen LogP contribution in [0.15, 0.2) is 60.7 Å². The van der Waals surface area contributed by atoms with Gasteiger partial charge in [0.25, 0.3) is 0 Å². The van der Waals surface area contributed by atoms with Gasteiger partial charge >= 0.3 is 11.9 Å². The average molecular weight is 579 g/mol. The van der Waals surface area contributed by atoms with Crippen LogP contribution in [0.1, 0.15) is 78.4 Å². The van der Waals surface area contributed by atoms with Gasteiger partial charge in [0.1, 0.15) is 23.9 Å². The standard InChI is InChI=1S/C35H46O7/c1-7-14-28(37)41-30-29-31(40-24(3)36)35(42-33(29,4)5)23(2)19-20-27(38-21-25-15-10-8-11-16-25)34(35,6)32(30)39-22-26-17-12-9-13-18-26/h8-13,15-18,23,27,29-32H,7,14,19-22H2,1-6H3/t23-,27+,29-,30-,31-,32-,34+,35-/m1/s1. The van der Waals surface area contributed by atoms with Crippen molar-refractivity contribution in [1.29, 1.82) is 0 Å². The molecule has 2 bridgehead atoms. The van der Waals surface area contributed by atoms with Gasteiger partial charge in [-0.15, -0.1) is 0 Å². The molecule has 1 aliphatic heterocycles. The summed E-state index contributed by atoms with van der Waals surface area (Å²) in [5.41, 5.74) is -0.413. The van der Waals surface area contributed by atoms with Crippen LogP contribution in [0.3, 0.4) is 0 Å². The summed E-state index contributed by atoms with van der Waals surface area (Å²) in [6.45, 7) is 12.5. The molecule has 2 aromatic carbocycles. The molecule has 2 aliphatic carbocycles. The first-order chi connectivity index (χ1) is 20.0. The maximum Gasteiger partial charge on any atom is 0.306 e. The Morgan fingerprint density at radius 3 is 2.02 bits per heavy atom. The zero-order chi connectivity index (χ0) is 30.1. The predicted molar refractivity (Wildman–Crippen MR) is 158 cm³/mol. The summed E-state index contributed by atoms with van der Waals surface area (Å²) in [4.78, 5) is 25.9. The van der Waals surface area contributed by atoms with E-state index >= 15 is 0 Å². The smallest absolute Gasteiger partial charge is 0.306 e. The number of ether oxygens (including phenoxy) is 5. The number of carbonyl (C=O) groups is 2. The lowest BCUT2D eigenvalue weighted by Crippen LogP contribution is -2.76. The Balaban J connectivity index is 1.65. The minimum absolute atomic E-state index is 0.0304. The second-order valence-electron chi connectivity index (χ2n) is 13.0. The number of hydrogen-bond donors (Lipinski definition) is 0. The molecule has 0 unspecified atom stereocenters. The quantitative estimate of drug-likeness (QED) is 0.301. The highest BCUT2D eigenvalue weighted by molar-refractivity contribution is 5.70. The van der Waals surface area contributed by atoms with Crippen LogP contribution in [0.4, 0.5) is 0 Å². The van der Waals surface area contributed by atoms with Gasteiger partial charge in [0.15, 0.2) is 0 Å². The van der Waals surface area contributed by atoms with Gasteiger partial charge in [-0.3, -0.25) is 9.59 Å². The molecule has 1 heterocycles. The maximum atomic E-state index is 13.2. The molecule has 1 saturated heterocycles. The molecule has 0 N–H and O–H groups in total. The molecule has 1 spiro atoms. The third kappa shape index (κ3) is 5.29. The topological polar surface area (TPSA) is 80.3 Å². The van der Waals surface area contributed by atoms with Crippen LogP contribution in [0, 0.1) is 17.3 Å². The van der Waals surface area contributed by atoms with E-state index in [4.69, 9.17) is 23.7 Å². The van der Waals surface area contributed by atoms with Crippen LogP contribution < -0.4 is 0 Å². The van der Waals surface area contributed by atoms with Crippen molar-refractivity contribution in [1.82, 2.24) is 0 Å². The van der Waals surface area contributed by atoms with E-state index in [1.807, 2.05) is 69.3 Å². The first-order valence-corrected chi connectivity index (χ1v) is 15.4. The lowest BCUT2D eigenvalue weighted by atomic mass is 9.48. The molecule has 0 amide bonds. The van der Waals surface area contributed by atoms with Gasteiger partial charge < -0.3 is 23.7 Å².